The lowest BCUT2D eigenvalue weighted by Crippen LogP contribution is -2.32. The molecule has 0 aliphatic heterocycles. The van der Waals surface area contributed by atoms with E-state index in [2.05, 4.69) is 112 Å². The van der Waals surface area contributed by atoms with Gasteiger partial charge in [0.05, 0.1) is 0 Å². The monoisotopic (exact) mass is 366 g/mol. The summed E-state index contributed by atoms with van der Waals surface area (Å²) >= 11 is 0. The van der Waals surface area contributed by atoms with E-state index < -0.39 is 0 Å². The summed E-state index contributed by atoms with van der Waals surface area (Å²) in [6, 6.07) is 24.5. The van der Waals surface area contributed by atoms with Crippen LogP contribution >= 0.6 is 0 Å². The van der Waals surface area contributed by atoms with Crippen LogP contribution in [0.5, 0.6) is 0 Å². The number of aryl methyl sites for hydroxylation is 3. The normalized spacial score (nSPS) is 11.4. The van der Waals surface area contributed by atoms with Crippen molar-refractivity contribution in [1.82, 2.24) is 0 Å². The van der Waals surface area contributed by atoms with Crippen molar-refractivity contribution >= 4 is 10.8 Å². The van der Waals surface area contributed by atoms with E-state index in [0.717, 1.165) is 0 Å². The number of hydrogen-bond acceptors (Lipinski definition) is 0. The molecule has 0 unspecified atom stereocenters. The van der Waals surface area contributed by atoms with Gasteiger partial charge in [-0.2, -0.15) is 0 Å². The zero-order valence-electron chi connectivity index (χ0n) is 17.5. The predicted molar refractivity (Wildman–Crippen MR) is 120 cm³/mol. The van der Waals surface area contributed by atoms with Gasteiger partial charge in [-0.1, -0.05) is 67.9 Å². The number of rotatable bonds is 3. The molecule has 0 saturated heterocycles. The Morgan fingerprint density at radius 2 is 1.46 bits per heavy atom. The van der Waals surface area contributed by atoms with E-state index in [0.29, 0.717) is 5.92 Å². The Kier molecular flexibility index (Phi) is 4.77. The topological polar surface area (TPSA) is 3.88 Å². The van der Waals surface area contributed by atoms with Gasteiger partial charge in [-0.25, -0.2) is 4.57 Å². The van der Waals surface area contributed by atoms with E-state index >= 15 is 0 Å². The van der Waals surface area contributed by atoms with Gasteiger partial charge in [-0.15, -0.1) is 0 Å². The molecule has 0 bridgehead atoms. The first-order valence-electron chi connectivity index (χ1n) is 10.0. The van der Waals surface area contributed by atoms with Crippen LogP contribution < -0.4 is 4.57 Å². The van der Waals surface area contributed by atoms with Crippen LogP contribution in [-0.4, -0.2) is 0 Å². The molecule has 1 nitrogen and oxygen atoms in total. The van der Waals surface area contributed by atoms with Gasteiger partial charge in [0.1, 0.15) is 7.05 Å². The summed E-state index contributed by atoms with van der Waals surface area (Å²) in [4.78, 5) is 0. The first kappa shape index (κ1) is 18.4. The van der Waals surface area contributed by atoms with Gasteiger partial charge >= 0.3 is 0 Å². The number of pyridine rings is 1. The summed E-state index contributed by atoms with van der Waals surface area (Å²) < 4.78 is 2.27. The molecular weight excluding hydrogens is 338 g/mol. The third kappa shape index (κ3) is 3.33. The van der Waals surface area contributed by atoms with E-state index in [1.807, 2.05) is 0 Å². The van der Waals surface area contributed by atoms with Gasteiger partial charge < -0.3 is 0 Å². The highest BCUT2D eigenvalue weighted by molar-refractivity contribution is 5.88. The minimum absolute atomic E-state index is 0.459. The van der Waals surface area contributed by atoms with Gasteiger partial charge in [0.15, 0.2) is 6.20 Å². The number of aromatic nitrogens is 1. The third-order valence-corrected chi connectivity index (χ3v) is 5.65. The molecule has 28 heavy (non-hydrogen) atoms. The van der Waals surface area contributed by atoms with E-state index in [9.17, 15) is 0 Å². The molecule has 0 radical (unpaired) electrons. The molecule has 0 aliphatic rings. The minimum atomic E-state index is 0.459. The van der Waals surface area contributed by atoms with Crippen LogP contribution in [0.4, 0.5) is 0 Å². The first-order chi connectivity index (χ1) is 13.4. The highest BCUT2D eigenvalue weighted by atomic mass is 14.9. The Labute approximate surface area is 168 Å². The van der Waals surface area contributed by atoms with Crippen molar-refractivity contribution in [2.45, 2.75) is 33.6 Å². The van der Waals surface area contributed by atoms with Crippen LogP contribution in [0.2, 0.25) is 0 Å². The van der Waals surface area contributed by atoms with Crippen molar-refractivity contribution in [3.63, 3.8) is 0 Å². The van der Waals surface area contributed by atoms with Crippen LogP contribution in [0.25, 0.3) is 33.2 Å². The molecule has 0 spiro atoms. The molecule has 1 heterocycles. The SMILES string of the molecule is Cc1ccc2cc(-c3cc(-c4ccccc4C)[n+](C)cc3C(C)C)ccc2c1. The highest BCUT2D eigenvalue weighted by Gasteiger charge is 2.20. The molecular formula is C27H28N+. The third-order valence-electron chi connectivity index (χ3n) is 5.65. The van der Waals surface area contributed by atoms with E-state index in [1.54, 1.807) is 0 Å². The lowest BCUT2D eigenvalue weighted by molar-refractivity contribution is -0.660. The lowest BCUT2D eigenvalue weighted by Gasteiger charge is -2.15. The summed E-state index contributed by atoms with van der Waals surface area (Å²) in [5.41, 5.74) is 9.14. The Bertz CT molecular complexity index is 1170. The molecule has 0 saturated carbocycles. The second-order valence-electron chi connectivity index (χ2n) is 8.17. The molecule has 0 fully saturated rings. The molecule has 0 amide bonds. The van der Waals surface area contributed by atoms with Crippen molar-refractivity contribution in [1.29, 1.82) is 0 Å². The molecule has 1 aromatic heterocycles. The van der Waals surface area contributed by atoms with Gasteiger partial charge in [0.2, 0.25) is 5.69 Å². The maximum absolute atomic E-state index is 2.37. The van der Waals surface area contributed by atoms with Gasteiger partial charge in [-0.05, 0) is 59.4 Å². The molecule has 3 aromatic carbocycles. The quantitative estimate of drug-likeness (QED) is 0.354. The Morgan fingerprint density at radius 1 is 0.750 bits per heavy atom. The number of fused-ring (bicyclic) bond motifs is 1. The van der Waals surface area contributed by atoms with Crippen LogP contribution in [0.15, 0.2) is 72.9 Å². The molecule has 0 aliphatic carbocycles. The molecule has 1 heteroatoms. The molecule has 4 rings (SSSR count). The second-order valence-corrected chi connectivity index (χ2v) is 8.17. The number of benzene rings is 3. The second kappa shape index (κ2) is 7.24. The fourth-order valence-electron chi connectivity index (χ4n) is 4.04. The molecule has 140 valence electrons. The van der Waals surface area contributed by atoms with Crippen LogP contribution in [0.3, 0.4) is 0 Å². The predicted octanol–water partition coefficient (Wildman–Crippen LogP) is 6.74. The van der Waals surface area contributed by atoms with Crippen molar-refractivity contribution < 1.29 is 4.57 Å². The summed E-state index contributed by atoms with van der Waals surface area (Å²) in [6.07, 6.45) is 2.31. The highest BCUT2D eigenvalue weighted by Crippen LogP contribution is 2.33. The van der Waals surface area contributed by atoms with Gasteiger partial charge in [-0.3, -0.25) is 0 Å². The standard InChI is InChI=1S/C27H28N/c1-18(2)26-17-28(5)27(24-9-7-6-8-20(24)4)16-25(26)23-13-12-21-14-19(3)10-11-22(21)15-23/h6-18H,1-5H3/q+1. The van der Waals surface area contributed by atoms with Gasteiger partial charge in [0, 0.05) is 17.2 Å². The van der Waals surface area contributed by atoms with Crippen molar-refractivity contribution in [3.8, 4) is 22.4 Å². The fourth-order valence-corrected chi connectivity index (χ4v) is 4.04. The number of hydrogen-bond donors (Lipinski definition) is 0. The average molecular weight is 367 g/mol. The molecule has 0 N–H and O–H groups in total. The fraction of sp³-hybridized carbons (Fsp3) is 0.222. The first-order valence-corrected chi connectivity index (χ1v) is 10.0. The maximum atomic E-state index is 2.37. The Morgan fingerprint density at radius 3 is 2.21 bits per heavy atom. The van der Waals surface area contributed by atoms with E-state index in [4.69, 9.17) is 0 Å². The summed E-state index contributed by atoms with van der Waals surface area (Å²) in [5.74, 6) is 0.459. The molecule has 4 aromatic rings. The average Bonchev–Trinajstić information content (AvgIpc) is 2.68. The zero-order chi connectivity index (χ0) is 19.8. The summed E-state index contributed by atoms with van der Waals surface area (Å²) in [6.45, 7) is 8.88. The van der Waals surface area contributed by atoms with Crippen LogP contribution in [-0.2, 0) is 7.05 Å². The van der Waals surface area contributed by atoms with Crippen molar-refractivity contribution in [3.05, 3.63) is 89.6 Å². The largest absolute Gasteiger partial charge is 0.213 e. The smallest absolute Gasteiger partial charge is 0.201 e. The summed E-state index contributed by atoms with van der Waals surface area (Å²) in [5, 5.41) is 2.60. The summed E-state index contributed by atoms with van der Waals surface area (Å²) in [7, 11) is 2.15. The van der Waals surface area contributed by atoms with Crippen molar-refractivity contribution in [2.75, 3.05) is 0 Å². The number of nitrogens with zero attached hydrogens (tertiary/aromatic N) is 1. The molecule has 0 atom stereocenters. The Balaban J connectivity index is 1.96. The zero-order valence-corrected chi connectivity index (χ0v) is 17.5. The van der Waals surface area contributed by atoms with Crippen LogP contribution in [0, 0.1) is 13.8 Å². The van der Waals surface area contributed by atoms with E-state index in [-0.39, 0.29) is 0 Å². The van der Waals surface area contributed by atoms with Crippen LogP contribution in [0.1, 0.15) is 36.5 Å². The lowest BCUT2D eigenvalue weighted by atomic mass is 9.91. The Hall–Kier alpha value is -2.93. The maximum Gasteiger partial charge on any atom is 0.213 e. The van der Waals surface area contributed by atoms with E-state index in [1.165, 1.54) is 49.8 Å². The minimum Gasteiger partial charge on any atom is -0.201 e. The van der Waals surface area contributed by atoms with Crippen molar-refractivity contribution in [2.24, 2.45) is 7.05 Å². The van der Waals surface area contributed by atoms with Gasteiger partial charge in [0.25, 0.3) is 0 Å².